The smallest absolute Gasteiger partial charge is 0.326 e. The summed E-state index contributed by atoms with van der Waals surface area (Å²) in [5.41, 5.74) is 1.11. The molecule has 1 amide bonds. The highest BCUT2D eigenvalue weighted by atomic mass is 16.5. The Morgan fingerprint density at radius 3 is 2.52 bits per heavy atom. The minimum Gasteiger partial charge on any atom is -0.480 e. The second kappa shape index (κ2) is 11.0. The van der Waals surface area contributed by atoms with Gasteiger partial charge >= 0.3 is 11.9 Å². The average molecular weight is 405 g/mol. The number of aryl methyl sites for hydroxylation is 1. The molecule has 2 rings (SSSR count). The van der Waals surface area contributed by atoms with Crippen molar-refractivity contribution in [2.75, 3.05) is 19.7 Å². The number of hydrogen-bond acceptors (Lipinski definition) is 5. The van der Waals surface area contributed by atoms with Crippen molar-refractivity contribution in [2.24, 2.45) is 0 Å². The van der Waals surface area contributed by atoms with E-state index in [0.717, 1.165) is 5.56 Å². The third-order valence-electron chi connectivity index (χ3n) is 5.55. The van der Waals surface area contributed by atoms with Crippen molar-refractivity contribution in [2.45, 2.75) is 64.6 Å². The summed E-state index contributed by atoms with van der Waals surface area (Å²) in [6.07, 6.45) is 2.35. The van der Waals surface area contributed by atoms with Crippen LogP contribution in [0.2, 0.25) is 0 Å². The number of esters is 1. The van der Waals surface area contributed by atoms with E-state index in [1.165, 1.54) is 4.90 Å². The van der Waals surface area contributed by atoms with Crippen molar-refractivity contribution in [1.29, 1.82) is 0 Å². The summed E-state index contributed by atoms with van der Waals surface area (Å²) in [6.45, 7) is 6.60. The summed E-state index contributed by atoms with van der Waals surface area (Å²) < 4.78 is 5.29. The van der Waals surface area contributed by atoms with Crippen molar-refractivity contribution in [3.63, 3.8) is 0 Å². The molecule has 1 aliphatic heterocycles. The van der Waals surface area contributed by atoms with Crippen molar-refractivity contribution in [3.05, 3.63) is 35.9 Å². The number of aliphatic carboxylic acids is 1. The summed E-state index contributed by atoms with van der Waals surface area (Å²) in [6, 6.07) is 7.92. The van der Waals surface area contributed by atoms with Gasteiger partial charge in [0.15, 0.2) is 0 Å². The van der Waals surface area contributed by atoms with E-state index in [2.05, 4.69) is 0 Å². The van der Waals surface area contributed by atoms with Gasteiger partial charge in [0.05, 0.1) is 12.6 Å². The van der Waals surface area contributed by atoms with Crippen LogP contribution in [0.4, 0.5) is 0 Å². The molecule has 1 heterocycles. The fourth-order valence-electron chi connectivity index (χ4n) is 4.04. The van der Waals surface area contributed by atoms with E-state index in [9.17, 15) is 19.5 Å². The Morgan fingerprint density at radius 2 is 1.93 bits per heavy atom. The molecule has 0 aromatic heterocycles. The Bertz CT molecular complexity index is 694. The molecule has 1 aromatic carbocycles. The minimum atomic E-state index is -0.975. The maximum absolute atomic E-state index is 13.1. The van der Waals surface area contributed by atoms with Gasteiger partial charge in [-0.1, -0.05) is 37.3 Å². The van der Waals surface area contributed by atoms with Crippen LogP contribution in [0, 0.1) is 0 Å². The van der Waals surface area contributed by atoms with Gasteiger partial charge < -0.3 is 14.7 Å². The fraction of sp³-hybridized carbons (Fsp3) is 0.591. The lowest BCUT2D eigenvalue weighted by atomic mass is 10.0. The summed E-state index contributed by atoms with van der Waals surface area (Å²) in [7, 11) is 0. The van der Waals surface area contributed by atoms with Gasteiger partial charge in [-0.25, -0.2) is 4.79 Å². The average Bonchev–Trinajstić information content (AvgIpc) is 3.21. The first kappa shape index (κ1) is 22.9. The second-order valence-corrected chi connectivity index (χ2v) is 7.33. The predicted octanol–water partition coefficient (Wildman–Crippen LogP) is 2.34. The van der Waals surface area contributed by atoms with Gasteiger partial charge in [0.25, 0.3) is 0 Å². The van der Waals surface area contributed by atoms with E-state index in [4.69, 9.17) is 4.74 Å². The van der Waals surface area contributed by atoms with Gasteiger partial charge in [0.2, 0.25) is 5.91 Å². The van der Waals surface area contributed by atoms with Crippen LogP contribution in [0.1, 0.15) is 45.6 Å². The number of benzene rings is 1. The van der Waals surface area contributed by atoms with Crippen molar-refractivity contribution in [1.82, 2.24) is 9.80 Å². The molecular weight excluding hydrogens is 372 g/mol. The predicted molar refractivity (Wildman–Crippen MR) is 109 cm³/mol. The molecule has 7 heteroatoms. The van der Waals surface area contributed by atoms with Crippen molar-refractivity contribution >= 4 is 17.8 Å². The normalized spacial score (nSPS) is 18.5. The van der Waals surface area contributed by atoms with E-state index in [1.54, 1.807) is 13.8 Å². The van der Waals surface area contributed by atoms with E-state index in [0.29, 0.717) is 38.8 Å². The number of carbonyl (C=O) groups excluding carboxylic acids is 2. The summed E-state index contributed by atoms with van der Waals surface area (Å²) >= 11 is 0. The molecule has 0 saturated carbocycles. The number of likely N-dealkylation sites (tertiary alicyclic amines) is 1. The van der Waals surface area contributed by atoms with E-state index >= 15 is 0 Å². The molecule has 160 valence electrons. The molecule has 0 bridgehead atoms. The standard InChI is InChI=1S/C22H32N2O5/c1-4-23(16(3)20(25)24-15-9-12-18(24)21(26)27)19(22(28)29-5-2)14-13-17-10-7-6-8-11-17/h6-8,10-11,16,18-19H,4-5,9,12-15H2,1-3H3,(H,26,27). The van der Waals surface area contributed by atoms with Crippen LogP contribution in [-0.4, -0.2) is 70.6 Å². The molecular formula is C22H32N2O5. The topological polar surface area (TPSA) is 87.2 Å². The summed E-state index contributed by atoms with van der Waals surface area (Å²) in [5.74, 6) is -1.57. The third-order valence-corrected chi connectivity index (χ3v) is 5.55. The van der Waals surface area contributed by atoms with Crippen molar-refractivity contribution < 1.29 is 24.2 Å². The Kier molecular flexibility index (Phi) is 8.64. The van der Waals surface area contributed by atoms with Crippen LogP contribution < -0.4 is 0 Å². The summed E-state index contributed by atoms with van der Waals surface area (Å²) in [4.78, 5) is 40.5. The lowest BCUT2D eigenvalue weighted by molar-refractivity contribution is -0.155. The number of rotatable bonds is 10. The van der Waals surface area contributed by atoms with Crippen LogP contribution in [0.5, 0.6) is 0 Å². The van der Waals surface area contributed by atoms with E-state index < -0.39 is 24.1 Å². The SMILES string of the molecule is CCOC(=O)C(CCc1ccccc1)N(CC)C(C)C(=O)N1CCCC1C(=O)O. The minimum absolute atomic E-state index is 0.245. The molecule has 1 fully saturated rings. The molecule has 0 radical (unpaired) electrons. The molecule has 1 N–H and O–H groups in total. The molecule has 3 unspecified atom stereocenters. The van der Waals surface area contributed by atoms with Gasteiger partial charge in [-0.2, -0.15) is 0 Å². The Hall–Kier alpha value is -2.41. The van der Waals surface area contributed by atoms with Gasteiger partial charge in [0, 0.05) is 6.54 Å². The first-order valence-corrected chi connectivity index (χ1v) is 10.4. The van der Waals surface area contributed by atoms with Crippen LogP contribution in [0.15, 0.2) is 30.3 Å². The molecule has 3 atom stereocenters. The fourth-order valence-corrected chi connectivity index (χ4v) is 4.04. The number of carbonyl (C=O) groups is 3. The van der Waals surface area contributed by atoms with Gasteiger partial charge in [0.1, 0.15) is 12.1 Å². The third kappa shape index (κ3) is 5.79. The van der Waals surface area contributed by atoms with Crippen LogP contribution in [-0.2, 0) is 25.5 Å². The number of nitrogens with zero attached hydrogens (tertiary/aromatic N) is 2. The van der Waals surface area contributed by atoms with Crippen LogP contribution in [0.25, 0.3) is 0 Å². The van der Waals surface area contributed by atoms with E-state index in [-0.39, 0.29) is 18.5 Å². The van der Waals surface area contributed by atoms with Gasteiger partial charge in [-0.3, -0.25) is 14.5 Å². The summed E-state index contributed by atoms with van der Waals surface area (Å²) in [5, 5.41) is 9.41. The molecule has 0 spiro atoms. The zero-order valence-corrected chi connectivity index (χ0v) is 17.5. The van der Waals surface area contributed by atoms with E-state index in [1.807, 2.05) is 42.2 Å². The number of amides is 1. The number of ether oxygens (including phenoxy) is 1. The van der Waals surface area contributed by atoms with Crippen molar-refractivity contribution in [3.8, 4) is 0 Å². The molecule has 7 nitrogen and oxygen atoms in total. The zero-order valence-electron chi connectivity index (χ0n) is 17.5. The molecule has 1 aliphatic rings. The largest absolute Gasteiger partial charge is 0.480 e. The highest BCUT2D eigenvalue weighted by Gasteiger charge is 2.40. The highest BCUT2D eigenvalue weighted by Crippen LogP contribution is 2.22. The maximum atomic E-state index is 13.1. The Labute approximate surface area is 172 Å². The van der Waals surface area contributed by atoms with Crippen LogP contribution in [0.3, 0.4) is 0 Å². The molecule has 0 aliphatic carbocycles. The number of likely N-dealkylation sites (N-methyl/N-ethyl adjacent to an activating group) is 1. The number of carboxylic acid groups (broad SMARTS) is 1. The number of carboxylic acids is 1. The molecule has 1 saturated heterocycles. The first-order valence-electron chi connectivity index (χ1n) is 10.4. The Balaban J connectivity index is 2.17. The lowest BCUT2D eigenvalue weighted by Crippen LogP contribution is -2.55. The Morgan fingerprint density at radius 1 is 1.24 bits per heavy atom. The zero-order chi connectivity index (χ0) is 21.4. The van der Waals surface area contributed by atoms with Crippen LogP contribution >= 0.6 is 0 Å². The van der Waals surface area contributed by atoms with Gasteiger partial charge in [-0.15, -0.1) is 0 Å². The van der Waals surface area contributed by atoms with Gasteiger partial charge in [-0.05, 0) is 51.6 Å². The quantitative estimate of drug-likeness (QED) is 0.603. The first-order chi connectivity index (χ1) is 13.9. The monoisotopic (exact) mass is 404 g/mol. The second-order valence-electron chi connectivity index (χ2n) is 7.33. The highest BCUT2D eigenvalue weighted by molar-refractivity contribution is 5.88. The maximum Gasteiger partial charge on any atom is 0.326 e. The molecule has 29 heavy (non-hydrogen) atoms. The lowest BCUT2D eigenvalue weighted by Gasteiger charge is -2.36. The number of hydrogen-bond donors (Lipinski definition) is 1. The molecule has 1 aromatic rings.